The Kier molecular flexibility index (Phi) is 6.83. The molecule has 0 fully saturated rings. The highest BCUT2D eigenvalue weighted by molar-refractivity contribution is 5.99. The van der Waals surface area contributed by atoms with Crippen LogP contribution in [0.3, 0.4) is 0 Å². The molecule has 2 aromatic rings. The number of benzene rings is 2. The number of rotatable bonds is 7. The first kappa shape index (κ1) is 18.3. The van der Waals surface area contributed by atoms with Gasteiger partial charge in [0.25, 0.3) is 11.8 Å². The van der Waals surface area contributed by atoms with Crippen LogP contribution in [0.15, 0.2) is 48.5 Å². The summed E-state index contributed by atoms with van der Waals surface area (Å²) in [5, 5.41) is 0. The maximum Gasteiger partial charge on any atom is 0.269 e. The summed E-state index contributed by atoms with van der Waals surface area (Å²) < 4.78 is 10.6. The summed E-state index contributed by atoms with van der Waals surface area (Å²) in [6.07, 6.45) is 1.99. The molecule has 0 aliphatic carbocycles. The van der Waals surface area contributed by atoms with E-state index in [1.165, 1.54) is 0 Å². The number of carbonyl (C=O) groups excluding carboxylic acids is 2. The van der Waals surface area contributed by atoms with Crippen LogP contribution in [0, 0.1) is 0 Å². The smallest absolute Gasteiger partial charge is 0.269 e. The SMILES string of the molecule is CCCCOc1cccc(C(=O)NNC(=O)c2ccc(OC)cc2)c1. The molecule has 2 aromatic carbocycles. The van der Waals surface area contributed by atoms with Crippen LogP contribution in [-0.2, 0) is 0 Å². The molecule has 6 nitrogen and oxygen atoms in total. The van der Waals surface area contributed by atoms with E-state index in [-0.39, 0.29) is 0 Å². The van der Waals surface area contributed by atoms with Crippen molar-refractivity contribution in [1.29, 1.82) is 0 Å². The minimum Gasteiger partial charge on any atom is -0.497 e. The fourth-order valence-electron chi connectivity index (χ4n) is 2.06. The Morgan fingerprint density at radius 2 is 1.60 bits per heavy atom. The molecule has 0 saturated heterocycles. The largest absolute Gasteiger partial charge is 0.497 e. The zero-order valence-electron chi connectivity index (χ0n) is 14.4. The molecular weight excluding hydrogens is 320 g/mol. The molecule has 0 aliphatic heterocycles. The lowest BCUT2D eigenvalue weighted by atomic mass is 10.2. The van der Waals surface area contributed by atoms with Crippen LogP contribution >= 0.6 is 0 Å². The number of hydrazine groups is 1. The van der Waals surface area contributed by atoms with Gasteiger partial charge in [-0.2, -0.15) is 0 Å². The van der Waals surface area contributed by atoms with Gasteiger partial charge in [0.2, 0.25) is 0 Å². The number of hydrogen-bond acceptors (Lipinski definition) is 4. The van der Waals surface area contributed by atoms with Crippen molar-refractivity contribution in [3.05, 3.63) is 59.7 Å². The number of nitrogens with one attached hydrogen (secondary N) is 2. The van der Waals surface area contributed by atoms with Crippen LogP contribution in [0.1, 0.15) is 40.5 Å². The Morgan fingerprint density at radius 3 is 2.24 bits per heavy atom. The van der Waals surface area contributed by atoms with Gasteiger partial charge in [-0.25, -0.2) is 0 Å². The van der Waals surface area contributed by atoms with E-state index in [0.29, 0.717) is 29.2 Å². The second kappa shape index (κ2) is 9.32. The van der Waals surface area contributed by atoms with Crippen LogP contribution in [0.25, 0.3) is 0 Å². The van der Waals surface area contributed by atoms with E-state index < -0.39 is 11.8 Å². The van der Waals surface area contributed by atoms with Crippen molar-refractivity contribution in [2.24, 2.45) is 0 Å². The lowest BCUT2D eigenvalue weighted by Gasteiger charge is -2.10. The van der Waals surface area contributed by atoms with Gasteiger partial charge < -0.3 is 9.47 Å². The number of methoxy groups -OCH3 is 1. The van der Waals surface area contributed by atoms with Crippen molar-refractivity contribution in [2.75, 3.05) is 13.7 Å². The molecule has 0 aromatic heterocycles. The van der Waals surface area contributed by atoms with Gasteiger partial charge in [-0.15, -0.1) is 0 Å². The average molecular weight is 342 g/mol. The highest BCUT2D eigenvalue weighted by Gasteiger charge is 2.10. The summed E-state index contributed by atoms with van der Waals surface area (Å²) in [5.74, 6) is 0.456. The summed E-state index contributed by atoms with van der Waals surface area (Å²) in [5.41, 5.74) is 5.60. The lowest BCUT2D eigenvalue weighted by molar-refractivity contribution is 0.0846. The average Bonchev–Trinajstić information content (AvgIpc) is 2.66. The Hall–Kier alpha value is -3.02. The van der Waals surface area contributed by atoms with Gasteiger partial charge in [-0.1, -0.05) is 19.4 Å². The van der Waals surface area contributed by atoms with E-state index in [1.54, 1.807) is 55.6 Å². The maximum atomic E-state index is 12.2. The van der Waals surface area contributed by atoms with Crippen molar-refractivity contribution in [1.82, 2.24) is 10.9 Å². The number of ether oxygens (including phenoxy) is 2. The second-order valence-corrected chi connectivity index (χ2v) is 5.37. The van der Waals surface area contributed by atoms with Gasteiger partial charge in [-0.3, -0.25) is 20.4 Å². The molecule has 0 heterocycles. The maximum absolute atomic E-state index is 12.2. The number of hydrogen-bond donors (Lipinski definition) is 2. The molecule has 2 amide bonds. The van der Waals surface area contributed by atoms with E-state index >= 15 is 0 Å². The molecule has 0 saturated carbocycles. The van der Waals surface area contributed by atoms with Gasteiger partial charge in [-0.05, 0) is 48.9 Å². The molecule has 25 heavy (non-hydrogen) atoms. The number of carbonyl (C=O) groups is 2. The lowest BCUT2D eigenvalue weighted by Crippen LogP contribution is -2.41. The molecule has 2 rings (SSSR count). The van der Waals surface area contributed by atoms with Crippen LogP contribution in [-0.4, -0.2) is 25.5 Å². The van der Waals surface area contributed by atoms with Crippen LogP contribution < -0.4 is 20.3 Å². The van der Waals surface area contributed by atoms with Crippen LogP contribution in [0.5, 0.6) is 11.5 Å². The van der Waals surface area contributed by atoms with Crippen molar-refractivity contribution in [3.8, 4) is 11.5 Å². The highest BCUT2D eigenvalue weighted by atomic mass is 16.5. The fourth-order valence-corrected chi connectivity index (χ4v) is 2.06. The Balaban J connectivity index is 1.90. The van der Waals surface area contributed by atoms with Crippen molar-refractivity contribution >= 4 is 11.8 Å². The first-order valence-electron chi connectivity index (χ1n) is 8.11. The molecule has 132 valence electrons. The molecule has 0 atom stereocenters. The molecule has 0 radical (unpaired) electrons. The van der Waals surface area contributed by atoms with Crippen LogP contribution in [0.4, 0.5) is 0 Å². The summed E-state index contributed by atoms with van der Waals surface area (Å²) >= 11 is 0. The predicted octanol–water partition coefficient (Wildman–Crippen LogP) is 2.95. The molecule has 0 aliphatic rings. The van der Waals surface area contributed by atoms with E-state index in [1.807, 2.05) is 0 Å². The summed E-state index contributed by atoms with van der Waals surface area (Å²) in [6.45, 7) is 2.69. The standard InChI is InChI=1S/C19H22N2O4/c1-3-4-12-25-17-7-5-6-15(13-17)19(23)21-20-18(22)14-8-10-16(24-2)11-9-14/h5-11,13H,3-4,12H2,1-2H3,(H,20,22)(H,21,23). The normalized spacial score (nSPS) is 10.0. The van der Waals surface area contributed by atoms with Gasteiger partial charge in [0.05, 0.1) is 13.7 Å². The van der Waals surface area contributed by atoms with E-state index in [9.17, 15) is 9.59 Å². The molecule has 0 bridgehead atoms. The van der Waals surface area contributed by atoms with Crippen molar-refractivity contribution < 1.29 is 19.1 Å². The third kappa shape index (κ3) is 5.53. The second-order valence-electron chi connectivity index (χ2n) is 5.37. The predicted molar refractivity (Wildman–Crippen MR) is 94.8 cm³/mol. The summed E-state index contributed by atoms with van der Waals surface area (Å²) in [7, 11) is 1.55. The molecule has 0 spiro atoms. The molecular formula is C19H22N2O4. The molecule has 2 N–H and O–H groups in total. The van der Waals surface area contributed by atoms with E-state index in [2.05, 4.69) is 17.8 Å². The van der Waals surface area contributed by atoms with Gasteiger partial charge in [0.15, 0.2) is 0 Å². The first-order valence-corrected chi connectivity index (χ1v) is 8.11. The third-order valence-electron chi connectivity index (χ3n) is 3.50. The van der Waals surface area contributed by atoms with Crippen LogP contribution in [0.2, 0.25) is 0 Å². The van der Waals surface area contributed by atoms with E-state index in [4.69, 9.17) is 9.47 Å². The zero-order valence-corrected chi connectivity index (χ0v) is 14.4. The Bertz CT molecular complexity index is 714. The van der Waals surface area contributed by atoms with Crippen molar-refractivity contribution in [3.63, 3.8) is 0 Å². The summed E-state index contributed by atoms with van der Waals surface area (Å²) in [4.78, 5) is 24.2. The molecule has 6 heteroatoms. The highest BCUT2D eigenvalue weighted by Crippen LogP contribution is 2.14. The topological polar surface area (TPSA) is 76.7 Å². The van der Waals surface area contributed by atoms with Gasteiger partial charge >= 0.3 is 0 Å². The Morgan fingerprint density at radius 1 is 0.920 bits per heavy atom. The van der Waals surface area contributed by atoms with Gasteiger partial charge in [0, 0.05) is 11.1 Å². The fraction of sp³-hybridized carbons (Fsp3) is 0.263. The number of amides is 2. The minimum absolute atomic E-state index is 0.407. The minimum atomic E-state index is -0.414. The van der Waals surface area contributed by atoms with E-state index in [0.717, 1.165) is 12.8 Å². The van der Waals surface area contributed by atoms with Crippen molar-refractivity contribution in [2.45, 2.75) is 19.8 Å². The van der Waals surface area contributed by atoms with Gasteiger partial charge in [0.1, 0.15) is 11.5 Å². The third-order valence-corrected chi connectivity index (χ3v) is 3.50. The Labute approximate surface area is 147 Å². The monoisotopic (exact) mass is 342 g/mol. The first-order chi connectivity index (χ1) is 12.1. The number of unbranched alkanes of at least 4 members (excludes halogenated alkanes) is 1. The summed E-state index contributed by atoms with van der Waals surface area (Å²) in [6, 6.07) is 13.4. The quantitative estimate of drug-likeness (QED) is 0.599. The molecule has 0 unspecified atom stereocenters. The zero-order chi connectivity index (χ0) is 18.1.